The van der Waals surface area contributed by atoms with Crippen LogP contribution in [0.5, 0.6) is 17.2 Å². The molecule has 186 valence electrons. The maximum absolute atomic E-state index is 13.3. The van der Waals surface area contributed by atoms with Crippen molar-refractivity contribution in [2.75, 3.05) is 19.1 Å². The molecule has 0 saturated carbocycles. The molecule has 1 saturated heterocycles. The van der Waals surface area contributed by atoms with Crippen molar-refractivity contribution in [2.24, 2.45) is 10.3 Å². The molecule has 12 nitrogen and oxygen atoms in total. The number of carbonyl (C=O) groups is 2. The summed E-state index contributed by atoms with van der Waals surface area (Å²) in [5, 5.41) is 13.5. The Morgan fingerprint density at radius 2 is 1.75 bits per heavy atom. The zero-order chi connectivity index (χ0) is 25.4. The molecule has 1 aromatic heterocycles. The number of rotatable bonds is 8. The second kappa shape index (κ2) is 9.29. The van der Waals surface area contributed by atoms with E-state index in [1.807, 2.05) is 38.1 Å². The summed E-state index contributed by atoms with van der Waals surface area (Å²) in [6.07, 6.45) is 0.0685. The molecule has 1 fully saturated rings. The van der Waals surface area contributed by atoms with Crippen LogP contribution in [0, 0.1) is 0 Å². The third-order valence-electron chi connectivity index (χ3n) is 5.73. The van der Waals surface area contributed by atoms with Crippen LogP contribution in [0.2, 0.25) is 0 Å². The van der Waals surface area contributed by atoms with E-state index in [-0.39, 0.29) is 18.5 Å². The maximum Gasteiger partial charge on any atom is 0.263 e. The molecule has 2 atom stereocenters. The summed E-state index contributed by atoms with van der Waals surface area (Å²) in [7, 11) is 2.98. The summed E-state index contributed by atoms with van der Waals surface area (Å²) < 4.78 is 21.6. The van der Waals surface area contributed by atoms with Gasteiger partial charge in [-0.05, 0) is 50.2 Å². The third-order valence-corrected chi connectivity index (χ3v) is 5.73. The van der Waals surface area contributed by atoms with E-state index in [0.29, 0.717) is 23.0 Å². The summed E-state index contributed by atoms with van der Waals surface area (Å²) >= 11 is 0. The van der Waals surface area contributed by atoms with Crippen molar-refractivity contribution < 1.29 is 28.3 Å². The number of ether oxygens (including phenoxy) is 3. The van der Waals surface area contributed by atoms with Crippen LogP contribution in [-0.4, -0.2) is 59.4 Å². The highest BCUT2D eigenvalue weighted by Crippen LogP contribution is 2.37. The molecule has 5 rings (SSSR count). The number of aromatic nitrogens is 2. The Bertz CT molecular complexity index is 1320. The van der Waals surface area contributed by atoms with Gasteiger partial charge < -0.3 is 18.7 Å². The highest BCUT2D eigenvalue weighted by molar-refractivity contribution is 6.25. The molecule has 0 bridgehead atoms. The second-order valence-electron chi connectivity index (χ2n) is 8.45. The molecular formula is C24H24N6O6. The second-order valence-corrected chi connectivity index (χ2v) is 8.45. The molecule has 0 radical (unpaired) electrons. The van der Waals surface area contributed by atoms with E-state index >= 15 is 0 Å². The molecule has 2 aliphatic heterocycles. The van der Waals surface area contributed by atoms with Gasteiger partial charge in [-0.15, -0.1) is 0 Å². The minimum atomic E-state index is -0.957. The van der Waals surface area contributed by atoms with Crippen LogP contribution in [0.15, 0.2) is 57.3 Å². The molecule has 0 N–H and O–H groups in total. The van der Waals surface area contributed by atoms with Crippen molar-refractivity contribution in [2.45, 2.75) is 38.6 Å². The average molecular weight is 492 g/mol. The Labute approximate surface area is 206 Å². The van der Waals surface area contributed by atoms with Crippen LogP contribution in [-0.2, 0) is 16.1 Å². The van der Waals surface area contributed by atoms with E-state index in [2.05, 4.69) is 20.5 Å². The molecule has 0 aliphatic carbocycles. The van der Waals surface area contributed by atoms with Crippen molar-refractivity contribution in [1.82, 2.24) is 15.1 Å². The first-order chi connectivity index (χ1) is 17.4. The van der Waals surface area contributed by atoms with E-state index < -0.39 is 23.9 Å². The fraction of sp³-hybridized carbons (Fsp3) is 0.333. The number of fused-ring (bicyclic) bond motifs is 1. The van der Waals surface area contributed by atoms with Gasteiger partial charge >= 0.3 is 0 Å². The van der Waals surface area contributed by atoms with Crippen LogP contribution in [0.4, 0.5) is 5.69 Å². The molecule has 0 spiro atoms. The smallest absolute Gasteiger partial charge is 0.263 e. The van der Waals surface area contributed by atoms with Gasteiger partial charge in [-0.1, -0.05) is 10.4 Å². The van der Waals surface area contributed by atoms with Crippen molar-refractivity contribution in [3.63, 3.8) is 0 Å². The normalized spacial score (nSPS) is 18.8. The zero-order valence-electron chi connectivity index (χ0n) is 20.1. The lowest BCUT2D eigenvalue weighted by Crippen LogP contribution is -2.39. The summed E-state index contributed by atoms with van der Waals surface area (Å²) in [6, 6.07) is 10.3. The van der Waals surface area contributed by atoms with Gasteiger partial charge in [-0.2, -0.15) is 10.1 Å². The van der Waals surface area contributed by atoms with Crippen LogP contribution in [0.1, 0.15) is 19.7 Å². The fourth-order valence-corrected chi connectivity index (χ4v) is 4.10. The van der Waals surface area contributed by atoms with E-state index in [1.165, 1.54) is 19.2 Å². The lowest BCUT2D eigenvalue weighted by molar-refractivity contribution is -0.123. The topological polar surface area (TPSA) is 132 Å². The van der Waals surface area contributed by atoms with Crippen molar-refractivity contribution >= 4 is 17.5 Å². The fourth-order valence-electron chi connectivity index (χ4n) is 4.10. The van der Waals surface area contributed by atoms with Gasteiger partial charge in [0, 0.05) is 11.6 Å². The summed E-state index contributed by atoms with van der Waals surface area (Å²) in [4.78, 5) is 31.8. The average Bonchev–Trinajstić information content (AvgIpc) is 3.57. The van der Waals surface area contributed by atoms with Crippen LogP contribution in [0.25, 0.3) is 11.4 Å². The van der Waals surface area contributed by atoms with Crippen LogP contribution < -0.4 is 19.1 Å². The highest BCUT2D eigenvalue weighted by Gasteiger charge is 2.55. The van der Waals surface area contributed by atoms with Gasteiger partial charge in [0.2, 0.25) is 11.7 Å². The number of methoxy groups -OCH3 is 2. The standard InChI is InChI=1S/C24H24N6O6/c1-13(2)35-16-8-5-14(6-9-16)22-25-19(36-27-22)12-29-21-20(26-28-29)23(31)30(24(21)32)15-7-10-17(33-3)18(11-15)34-4/h5-11,13,20-21H,12H2,1-4H3/t20-,21+/m0/s1. The van der Waals surface area contributed by atoms with Gasteiger partial charge in [0.05, 0.1) is 26.0 Å². The molecule has 2 aliphatic rings. The summed E-state index contributed by atoms with van der Waals surface area (Å²) in [5.41, 5.74) is 1.10. The maximum atomic E-state index is 13.3. The van der Waals surface area contributed by atoms with E-state index in [1.54, 1.807) is 18.2 Å². The SMILES string of the molecule is COc1ccc(N2C(=O)[C@H]3N=NN(Cc4nc(-c5ccc(OC(C)C)cc5)no4)[C@H]3C2=O)cc1OC. The predicted molar refractivity (Wildman–Crippen MR) is 126 cm³/mol. The van der Waals surface area contributed by atoms with E-state index in [0.717, 1.165) is 16.2 Å². The molecule has 3 heterocycles. The van der Waals surface area contributed by atoms with Crippen molar-refractivity contribution in [3.8, 4) is 28.6 Å². The molecule has 0 unspecified atom stereocenters. The van der Waals surface area contributed by atoms with Crippen molar-refractivity contribution in [3.05, 3.63) is 48.4 Å². The Morgan fingerprint density at radius 1 is 1.00 bits per heavy atom. The first kappa shape index (κ1) is 23.3. The number of benzene rings is 2. The third kappa shape index (κ3) is 4.10. The molecule has 3 aromatic rings. The number of carbonyl (C=O) groups excluding carboxylic acids is 2. The number of anilines is 1. The van der Waals surface area contributed by atoms with Crippen LogP contribution >= 0.6 is 0 Å². The van der Waals surface area contributed by atoms with Gasteiger partial charge in [-0.25, -0.2) is 4.90 Å². The molecule has 12 heteroatoms. The lowest BCUT2D eigenvalue weighted by atomic mass is 10.1. The number of hydrogen-bond donors (Lipinski definition) is 0. The first-order valence-corrected chi connectivity index (χ1v) is 11.3. The summed E-state index contributed by atoms with van der Waals surface area (Å²) in [6.45, 7) is 3.93. The first-order valence-electron chi connectivity index (χ1n) is 11.3. The number of imide groups is 1. The van der Waals surface area contributed by atoms with E-state index in [9.17, 15) is 9.59 Å². The summed E-state index contributed by atoms with van der Waals surface area (Å²) in [5.74, 6) is 1.31. The highest BCUT2D eigenvalue weighted by atomic mass is 16.5. The van der Waals surface area contributed by atoms with E-state index in [4.69, 9.17) is 18.7 Å². The minimum absolute atomic E-state index is 0.0189. The number of amides is 2. The van der Waals surface area contributed by atoms with Gasteiger partial charge in [-0.3, -0.25) is 14.6 Å². The molecule has 2 aromatic carbocycles. The Kier molecular flexibility index (Phi) is 6.00. The number of hydrogen-bond acceptors (Lipinski definition) is 11. The Morgan fingerprint density at radius 3 is 2.44 bits per heavy atom. The zero-order valence-corrected chi connectivity index (χ0v) is 20.1. The van der Waals surface area contributed by atoms with Crippen molar-refractivity contribution in [1.29, 1.82) is 0 Å². The number of nitrogens with zero attached hydrogens (tertiary/aromatic N) is 6. The molecule has 36 heavy (non-hydrogen) atoms. The largest absolute Gasteiger partial charge is 0.493 e. The Balaban J connectivity index is 1.32. The van der Waals surface area contributed by atoms with Gasteiger partial charge in [0.1, 0.15) is 12.3 Å². The lowest BCUT2D eigenvalue weighted by Gasteiger charge is -2.20. The quantitative estimate of drug-likeness (QED) is 0.435. The molecule has 2 amide bonds. The van der Waals surface area contributed by atoms with Gasteiger partial charge in [0.25, 0.3) is 11.8 Å². The molecular weight excluding hydrogens is 468 g/mol. The predicted octanol–water partition coefficient (Wildman–Crippen LogP) is 3.03. The monoisotopic (exact) mass is 492 g/mol. The minimum Gasteiger partial charge on any atom is -0.493 e. The Hall–Kier alpha value is -4.48. The van der Waals surface area contributed by atoms with Crippen LogP contribution in [0.3, 0.4) is 0 Å². The van der Waals surface area contributed by atoms with Gasteiger partial charge in [0.15, 0.2) is 23.6 Å².